The molecular formula is C12H10Cl2N2. The topological polar surface area (TPSA) is 24.9 Å². The largest absolute Gasteiger partial charge is 0.381 e. The van der Waals surface area contributed by atoms with Crippen LogP contribution in [-0.2, 0) is 6.54 Å². The minimum absolute atomic E-state index is 0.626. The molecule has 0 aliphatic rings. The van der Waals surface area contributed by atoms with Crippen molar-refractivity contribution in [1.29, 1.82) is 0 Å². The summed E-state index contributed by atoms with van der Waals surface area (Å²) in [5.74, 6) is 0. The lowest BCUT2D eigenvalue weighted by atomic mass is 10.2. The molecule has 4 heteroatoms. The van der Waals surface area contributed by atoms with Crippen molar-refractivity contribution < 1.29 is 0 Å². The first kappa shape index (κ1) is 11.2. The van der Waals surface area contributed by atoms with Crippen molar-refractivity contribution in [3.05, 3.63) is 58.3 Å². The van der Waals surface area contributed by atoms with E-state index in [1.165, 1.54) is 0 Å². The number of pyridine rings is 1. The van der Waals surface area contributed by atoms with E-state index in [0.717, 1.165) is 11.3 Å². The highest BCUT2D eigenvalue weighted by molar-refractivity contribution is 6.35. The molecular weight excluding hydrogens is 243 g/mol. The van der Waals surface area contributed by atoms with E-state index in [0.29, 0.717) is 16.6 Å². The Morgan fingerprint density at radius 1 is 1.12 bits per heavy atom. The van der Waals surface area contributed by atoms with E-state index in [4.69, 9.17) is 23.2 Å². The molecule has 2 nitrogen and oxygen atoms in total. The molecule has 2 aromatic rings. The van der Waals surface area contributed by atoms with Crippen LogP contribution >= 0.6 is 23.2 Å². The van der Waals surface area contributed by atoms with E-state index in [1.54, 1.807) is 12.3 Å². The molecule has 0 aliphatic heterocycles. The van der Waals surface area contributed by atoms with Crippen molar-refractivity contribution in [2.75, 3.05) is 5.32 Å². The summed E-state index contributed by atoms with van der Waals surface area (Å²) in [6.07, 6.45) is 3.57. The van der Waals surface area contributed by atoms with Crippen molar-refractivity contribution in [3.63, 3.8) is 0 Å². The minimum atomic E-state index is 0.626. The Bertz CT molecular complexity index is 451. The molecule has 0 unspecified atom stereocenters. The van der Waals surface area contributed by atoms with Crippen molar-refractivity contribution in [3.8, 4) is 0 Å². The third kappa shape index (κ3) is 3.12. The van der Waals surface area contributed by atoms with E-state index in [-0.39, 0.29) is 0 Å². The zero-order valence-corrected chi connectivity index (χ0v) is 9.96. The van der Waals surface area contributed by atoms with Crippen LogP contribution in [0.2, 0.25) is 10.0 Å². The van der Waals surface area contributed by atoms with Crippen LogP contribution in [0.25, 0.3) is 0 Å². The summed E-state index contributed by atoms with van der Waals surface area (Å²) in [5, 5.41) is 4.49. The normalized spacial score (nSPS) is 10.1. The van der Waals surface area contributed by atoms with Crippen LogP contribution < -0.4 is 5.32 Å². The predicted octanol–water partition coefficient (Wildman–Crippen LogP) is 4.00. The lowest BCUT2D eigenvalue weighted by molar-refractivity contribution is 1.11. The maximum absolute atomic E-state index is 5.90. The Balaban J connectivity index is 2.05. The lowest BCUT2D eigenvalue weighted by Gasteiger charge is -2.07. The molecule has 1 heterocycles. The van der Waals surface area contributed by atoms with Gasteiger partial charge in [0.25, 0.3) is 0 Å². The summed E-state index contributed by atoms with van der Waals surface area (Å²) in [6, 6.07) is 9.29. The summed E-state index contributed by atoms with van der Waals surface area (Å²) in [4.78, 5) is 4.04. The number of anilines is 1. The standard InChI is InChI=1S/C12H10Cl2N2/c13-10-4-11(14)6-12(5-10)16-8-9-2-1-3-15-7-9/h1-7,16H,8H2. The molecule has 1 N–H and O–H groups in total. The average molecular weight is 253 g/mol. The van der Waals surface area contributed by atoms with E-state index < -0.39 is 0 Å². The predicted molar refractivity (Wildman–Crippen MR) is 68.0 cm³/mol. The molecule has 0 atom stereocenters. The molecule has 0 fully saturated rings. The first-order valence-corrected chi connectivity index (χ1v) is 5.58. The highest BCUT2D eigenvalue weighted by Crippen LogP contribution is 2.22. The van der Waals surface area contributed by atoms with Crippen LogP contribution in [0.4, 0.5) is 5.69 Å². The molecule has 0 aliphatic carbocycles. The number of nitrogens with zero attached hydrogens (tertiary/aromatic N) is 1. The average Bonchev–Trinajstić information content (AvgIpc) is 2.27. The summed E-state index contributed by atoms with van der Waals surface area (Å²) in [6.45, 7) is 0.699. The number of rotatable bonds is 3. The summed E-state index contributed by atoms with van der Waals surface area (Å²) >= 11 is 11.8. The molecule has 0 saturated carbocycles. The molecule has 0 radical (unpaired) electrons. The second-order valence-electron chi connectivity index (χ2n) is 3.37. The number of hydrogen-bond donors (Lipinski definition) is 1. The third-order valence-corrected chi connectivity index (χ3v) is 2.52. The van der Waals surface area contributed by atoms with Crippen LogP contribution in [0, 0.1) is 0 Å². The second kappa shape index (κ2) is 5.19. The van der Waals surface area contributed by atoms with Crippen molar-refractivity contribution in [2.45, 2.75) is 6.54 Å². The van der Waals surface area contributed by atoms with Crippen LogP contribution in [-0.4, -0.2) is 4.98 Å². The fraction of sp³-hybridized carbons (Fsp3) is 0.0833. The van der Waals surface area contributed by atoms with Crippen LogP contribution in [0.1, 0.15) is 5.56 Å². The van der Waals surface area contributed by atoms with E-state index in [9.17, 15) is 0 Å². The third-order valence-electron chi connectivity index (χ3n) is 2.08. The van der Waals surface area contributed by atoms with Gasteiger partial charge in [0.05, 0.1) is 0 Å². The molecule has 16 heavy (non-hydrogen) atoms. The van der Waals surface area contributed by atoms with E-state index >= 15 is 0 Å². The van der Waals surface area contributed by atoms with Crippen molar-refractivity contribution in [2.24, 2.45) is 0 Å². The number of aromatic nitrogens is 1. The smallest absolute Gasteiger partial charge is 0.0441 e. The Morgan fingerprint density at radius 3 is 2.50 bits per heavy atom. The van der Waals surface area contributed by atoms with Crippen LogP contribution in [0.3, 0.4) is 0 Å². The second-order valence-corrected chi connectivity index (χ2v) is 4.25. The monoisotopic (exact) mass is 252 g/mol. The van der Waals surface area contributed by atoms with Gasteiger partial charge in [0.2, 0.25) is 0 Å². The first-order chi connectivity index (χ1) is 7.74. The quantitative estimate of drug-likeness (QED) is 0.894. The summed E-state index contributed by atoms with van der Waals surface area (Å²) in [5.41, 5.74) is 2.01. The van der Waals surface area contributed by atoms with Crippen LogP contribution in [0.5, 0.6) is 0 Å². The molecule has 2 rings (SSSR count). The van der Waals surface area contributed by atoms with Crippen molar-refractivity contribution in [1.82, 2.24) is 4.98 Å². The molecule has 1 aromatic heterocycles. The van der Waals surface area contributed by atoms with Crippen LogP contribution in [0.15, 0.2) is 42.7 Å². The molecule has 0 saturated heterocycles. The maximum Gasteiger partial charge on any atom is 0.0441 e. The van der Waals surface area contributed by atoms with Gasteiger partial charge in [-0.25, -0.2) is 0 Å². The maximum atomic E-state index is 5.90. The Labute approximate surface area is 104 Å². The van der Waals surface area contributed by atoms with Gasteiger partial charge in [0, 0.05) is 34.7 Å². The van der Waals surface area contributed by atoms with Crippen molar-refractivity contribution >= 4 is 28.9 Å². The van der Waals surface area contributed by atoms with E-state index in [2.05, 4.69) is 10.3 Å². The molecule has 0 bridgehead atoms. The fourth-order valence-corrected chi connectivity index (χ4v) is 1.89. The zero-order chi connectivity index (χ0) is 11.4. The summed E-state index contributed by atoms with van der Waals surface area (Å²) in [7, 11) is 0. The molecule has 82 valence electrons. The summed E-state index contributed by atoms with van der Waals surface area (Å²) < 4.78 is 0. The SMILES string of the molecule is Clc1cc(Cl)cc(NCc2cccnc2)c1. The van der Waals surface area contributed by atoms with Gasteiger partial charge in [-0.05, 0) is 29.8 Å². The van der Waals surface area contributed by atoms with Gasteiger partial charge < -0.3 is 5.32 Å². The minimum Gasteiger partial charge on any atom is -0.381 e. The fourth-order valence-electron chi connectivity index (χ4n) is 1.36. The van der Waals surface area contributed by atoms with Gasteiger partial charge >= 0.3 is 0 Å². The highest BCUT2D eigenvalue weighted by atomic mass is 35.5. The molecule has 0 spiro atoms. The number of halogens is 2. The van der Waals surface area contributed by atoms with Gasteiger partial charge in [-0.15, -0.1) is 0 Å². The Hall–Kier alpha value is -1.25. The lowest BCUT2D eigenvalue weighted by Crippen LogP contribution is -1.99. The van der Waals surface area contributed by atoms with Gasteiger partial charge in [0.15, 0.2) is 0 Å². The highest BCUT2D eigenvalue weighted by Gasteiger charge is 1.98. The van der Waals surface area contributed by atoms with Gasteiger partial charge in [-0.1, -0.05) is 29.3 Å². The Morgan fingerprint density at radius 2 is 1.88 bits per heavy atom. The molecule has 0 amide bonds. The number of benzene rings is 1. The van der Waals surface area contributed by atoms with Gasteiger partial charge in [0.1, 0.15) is 0 Å². The van der Waals surface area contributed by atoms with Gasteiger partial charge in [-0.3, -0.25) is 4.98 Å². The molecule has 1 aromatic carbocycles. The number of hydrogen-bond acceptors (Lipinski definition) is 2. The Kier molecular flexibility index (Phi) is 3.65. The first-order valence-electron chi connectivity index (χ1n) is 4.83. The van der Waals surface area contributed by atoms with Gasteiger partial charge in [-0.2, -0.15) is 0 Å². The van der Waals surface area contributed by atoms with E-state index in [1.807, 2.05) is 30.5 Å². The zero-order valence-electron chi connectivity index (χ0n) is 8.45. The number of nitrogens with one attached hydrogen (secondary N) is 1.